The molecule has 0 bridgehead atoms. The van der Waals surface area contributed by atoms with Crippen molar-refractivity contribution in [1.29, 1.82) is 0 Å². The normalized spacial score (nSPS) is 19.7. The first kappa shape index (κ1) is 23.2. The highest BCUT2D eigenvalue weighted by molar-refractivity contribution is 6.02. The van der Waals surface area contributed by atoms with Gasteiger partial charge in [0.1, 0.15) is 11.7 Å². The minimum Gasteiger partial charge on any atom is -0.352 e. The third-order valence-corrected chi connectivity index (χ3v) is 6.20. The molecule has 0 radical (unpaired) electrons. The molecule has 3 aliphatic heterocycles. The molecule has 1 unspecified atom stereocenters. The fourth-order valence-corrected chi connectivity index (χ4v) is 4.37. The molecular weight excluding hydrogens is 445 g/mol. The molecule has 182 valence electrons. The molecule has 1 atom stereocenters. The van der Waals surface area contributed by atoms with Crippen LogP contribution in [0.25, 0.3) is 5.70 Å². The largest absolute Gasteiger partial charge is 0.352 e. The average Bonchev–Trinajstić information content (AvgIpc) is 3.30. The topological polar surface area (TPSA) is 84.0 Å². The molecule has 2 aromatic carbocycles. The highest BCUT2D eigenvalue weighted by Crippen LogP contribution is 2.26. The van der Waals surface area contributed by atoms with E-state index in [0.717, 1.165) is 61.9 Å². The molecule has 5 rings (SSSR count). The summed E-state index contributed by atoms with van der Waals surface area (Å²) in [7, 11) is 0. The Bertz CT molecular complexity index is 1140. The van der Waals surface area contributed by atoms with Crippen LogP contribution in [-0.4, -0.2) is 67.2 Å². The van der Waals surface area contributed by atoms with Crippen LogP contribution >= 0.6 is 0 Å². The lowest BCUT2D eigenvalue weighted by atomic mass is 10.1. The fraction of sp³-hybridized carbons (Fsp3) is 0.308. The molecule has 2 aromatic rings. The van der Waals surface area contributed by atoms with E-state index in [4.69, 9.17) is 0 Å². The minimum atomic E-state index is -0.394. The van der Waals surface area contributed by atoms with Crippen molar-refractivity contribution in [2.24, 2.45) is 4.99 Å². The number of piperazine rings is 1. The Balaban J connectivity index is 1.12. The van der Waals surface area contributed by atoms with Crippen LogP contribution in [0, 0.1) is 5.82 Å². The number of nitrogens with one attached hydrogen (secondary N) is 4. The van der Waals surface area contributed by atoms with Crippen molar-refractivity contribution < 1.29 is 9.18 Å². The summed E-state index contributed by atoms with van der Waals surface area (Å²) in [5, 5.41) is 11.5. The third-order valence-electron chi connectivity index (χ3n) is 6.20. The lowest BCUT2D eigenvalue weighted by molar-refractivity contribution is 0.0951. The van der Waals surface area contributed by atoms with E-state index in [0.29, 0.717) is 12.1 Å². The van der Waals surface area contributed by atoms with E-state index in [9.17, 15) is 9.18 Å². The van der Waals surface area contributed by atoms with Gasteiger partial charge in [-0.2, -0.15) is 5.43 Å². The maximum Gasteiger partial charge on any atom is 0.251 e. The number of anilines is 1. The van der Waals surface area contributed by atoms with Crippen molar-refractivity contribution in [2.45, 2.75) is 12.7 Å². The number of nitrogens with zero attached hydrogens (tertiary/aromatic N) is 3. The molecule has 1 saturated heterocycles. The number of hydrogen-bond donors (Lipinski definition) is 4. The molecule has 8 nitrogen and oxygen atoms in total. The van der Waals surface area contributed by atoms with Gasteiger partial charge in [0, 0.05) is 49.5 Å². The van der Waals surface area contributed by atoms with Gasteiger partial charge in [-0.25, -0.2) is 9.38 Å². The van der Waals surface area contributed by atoms with Gasteiger partial charge in [0.15, 0.2) is 6.29 Å². The van der Waals surface area contributed by atoms with E-state index in [1.807, 2.05) is 41.4 Å². The molecular formula is C26H30FN7O. The van der Waals surface area contributed by atoms with Crippen LogP contribution in [-0.2, 0) is 0 Å². The van der Waals surface area contributed by atoms with Gasteiger partial charge in [-0.15, -0.1) is 0 Å². The number of rotatable bonds is 8. The number of aliphatic imine (C=N–C) groups is 1. The zero-order chi connectivity index (χ0) is 24.0. The number of carbonyl (C=O) groups excluding carboxylic acids is 1. The molecule has 0 aliphatic carbocycles. The molecule has 3 heterocycles. The number of amides is 1. The van der Waals surface area contributed by atoms with Crippen molar-refractivity contribution >= 4 is 23.1 Å². The van der Waals surface area contributed by atoms with Gasteiger partial charge in [-0.05, 0) is 61.5 Å². The average molecular weight is 476 g/mol. The standard InChI is InChI=1S/C26H30FN7O/c27-21-5-1-4-20(18-21)23-6-2-7-24-31-26(32-34(23)24)30-22-10-8-19(9-11-22)25(35)29-12-3-15-33-16-13-28-14-17-33/h1-2,4-11,18,26,28,30,32H,3,12-17H2,(H,29,35). The van der Waals surface area contributed by atoms with E-state index >= 15 is 0 Å². The summed E-state index contributed by atoms with van der Waals surface area (Å²) < 4.78 is 13.7. The molecule has 35 heavy (non-hydrogen) atoms. The number of allylic oxidation sites excluding steroid dienone is 2. The summed E-state index contributed by atoms with van der Waals surface area (Å²) in [5.74, 6) is 0.387. The first-order chi connectivity index (χ1) is 17.2. The summed E-state index contributed by atoms with van der Waals surface area (Å²) in [6, 6.07) is 13.8. The zero-order valence-corrected chi connectivity index (χ0v) is 19.5. The Hall–Kier alpha value is -3.53. The molecule has 1 amide bonds. The predicted octanol–water partition coefficient (Wildman–Crippen LogP) is 2.38. The quantitative estimate of drug-likeness (QED) is 0.439. The van der Waals surface area contributed by atoms with E-state index in [2.05, 4.69) is 31.3 Å². The van der Waals surface area contributed by atoms with Crippen molar-refractivity contribution in [3.05, 3.63) is 83.7 Å². The molecule has 9 heteroatoms. The number of hydrogen-bond acceptors (Lipinski definition) is 7. The van der Waals surface area contributed by atoms with E-state index < -0.39 is 6.29 Å². The van der Waals surface area contributed by atoms with Crippen LogP contribution in [0.1, 0.15) is 22.3 Å². The van der Waals surface area contributed by atoms with Gasteiger partial charge in [-0.3, -0.25) is 9.80 Å². The summed E-state index contributed by atoms with van der Waals surface area (Å²) >= 11 is 0. The fourth-order valence-electron chi connectivity index (χ4n) is 4.37. The van der Waals surface area contributed by atoms with Crippen LogP contribution in [0.5, 0.6) is 0 Å². The number of fused-ring (bicyclic) bond motifs is 1. The van der Waals surface area contributed by atoms with Gasteiger partial charge >= 0.3 is 0 Å². The Morgan fingerprint density at radius 2 is 1.97 bits per heavy atom. The second kappa shape index (κ2) is 10.8. The number of amidine groups is 1. The Morgan fingerprint density at radius 3 is 2.77 bits per heavy atom. The van der Waals surface area contributed by atoms with Crippen molar-refractivity contribution in [1.82, 2.24) is 26.0 Å². The van der Waals surface area contributed by atoms with Gasteiger partial charge in [0.2, 0.25) is 0 Å². The van der Waals surface area contributed by atoms with Crippen molar-refractivity contribution in [3.8, 4) is 0 Å². The minimum absolute atomic E-state index is 0.0664. The second-order valence-corrected chi connectivity index (χ2v) is 8.70. The van der Waals surface area contributed by atoms with Crippen LogP contribution in [0.3, 0.4) is 0 Å². The Kier molecular flexibility index (Phi) is 7.17. The first-order valence-corrected chi connectivity index (χ1v) is 12.0. The summed E-state index contributed by atoms with van der Waals surface area (Å²) in [6.45, 7) is 5.88. The highest BCUT2D eigenvalue weighted by atomic mass is 19.1. The molecule has 4 N–H and O–H groups in total. The smallest absolute Gasteiger partial charge is 0.251 e. The number of benzene rings is 2. The summed E-state index contributed by atoms with van der Waals surface area (Å²) in [4.78, 5) is 19.6. The summed E-state index contributed by atoms with van der Waals surface area (Å²) in [5.41, 5.74) is 6.34. The molecule has 0 aromatic heterocycles. The Labute approximate surface area is 204 Å². The van der Waals surface area contributed by atoms with Crippen molar-refractivity contribution in [3.63, 3.8) is 0 Å². The van der Waals surface area contributed by atoms with E-state index in [1.165, 1.54) is 12.1 Å². The number of carbonyl (C=O) groups is 1. The maximum absolute atomic E-state index is 13.7. The zero-order valence-electron chi connectivity index (χ0n) is 19.5. The van der Waals surface area contributed by atoms with E-state index in [1.54, 1.807) is 18.2 Å². The van der Waals surface area contributed by atoms with Crippen molar-refractivity contribution in [2.75, 3.05) is 44.6 Å². The molecule has 0 saturated carbocycles. The number of halogens is 1. The van der Waals surface area contributed by atoms with Gasteiger partial charge in [-0.1, -0.05) is 18.2 Å². The van der Waals surface area contributed by atoms with Crippen LogP contribution < -0.4 is 21.4 Å². The lowest BCUT2D eigenvalue weighted by Gasteiger charge is -2.27. The van der Waals surface area contributed by atoms with Gasteiger partial charge < -0.3 is 20.9 Å². The summed E-state index contributed by atoms with van der Waals surface area (Å²) in [6.07, 6.45) is 6.26. The SMILES string of the molecule is O=C(NCCCN1CCNCC1)c1ccc(NC2N=C3C=CC=C(c4cccc(F)c4)N3N2)cc1. The third kappa shape index (κ3) is 5.76. The first-order valence-electron chi connectivity index (χ1n) is 12.0. The molecule has 0 spiro atoms. The van der Waals surface area contributed by atoms with E-state index in [-0.39, 0.29) is 11.7 Å². The lowest BCUT2D eigenvalue weighted by Crippen LogP contribution is -2.44. The highest BCUT2D eigenvalue weighted by Gasteiger charge is 2.28. The van der Waals surface area contributed by atoms with Crippen LogP contribution in [0.4, 0.5) is 10.1 Å². The second-order valence-electron chi connectivity index (χ2n) is 8.70. The Morgan fingerprint density at radius 1 is 1.14 bits per heavy atom. The monoisotopic (exact) mass is 475 g/mol. The van der Waals surface area contributed by atoms with Gasteiger partial charge in [0.05, 0.1) is 5.70 Å². The molecule has 3 aliphatic rings. The predicted molar refractivity (Wildman–Crippen MR) is 136 cm³/mol. The molecule has 1 fully saturated rings. The maximum atomic E-state index is 13.7. The number of hydrazine groups is 1. The van der Waals surface area contributed by atoms with Crippen LogP contribution in [0.15, 0.2) is 71.8 Å². The van der Waals surface area contributed by atoms with Crippen LogP contribution in [0.2, 0.25) is 0 Å². The van der Waals surface area contributed by atoms with Gasteiger partial charge in [0.25, 0.3) is 5.91 Å².